The van der Waals surface area contributed by atoms with Crippen LogP contribution in [0.2, 0.25) is 0 Å². The van der Waals surface area contributed by atoms with Gasteiger partial charge in [-0.1, -0.05) is 36.4 Å². The lowest BCUT2D eigenvalue weighted by Crippen LogP contribution is -2.42. The number of hydrazine groups is 1. The number of rotatable bonds is 5. The molecule has 0 unspecified atom stereocenters. The van der Waals surface area contributed by atoms with E-state index in [2.05, 4.69) is 10.5 Å². The van der Waals surface area contributed by atoms with Crippen LogP contribution in [0.5, 0.6) is 0 Å². The number of amides is 1. The van der Waals surface area contributed by atoms with Gasteiger partial charge in [0.25, 0.3) is 21.5 Å². The topological polar surface area (TPSA) is 110 Å². The summed E-state index contributed by atoms with van der Waals surface area (Å²) in [6.45, 7) is 3.53. The van der Waals surface area contributed by atoms with Crippen LogP contribution in [0, 0.1) is 0 Å². The van der Waals surface area contributed by atoms with E-state index < -0.39 is 15.9 Å². The van der Waals surface area contributed by atoms with Gasteiger partial charge in [-0.15, -0.1) is 4.83 Å². The second-order valence-corrected chi connectivity index (χ2v) is 7.79. The lowest BCUT2D eigenvalue weighted by atomic mass is 10.1. The van der Waals surface area contributed by atoms with Crippen LogP contribution in [-0.4, -0.2) is 24.1 Å². The molecule has 140 valence electrons. The molecule has 0 aliphatic rings. The molecule has 0 fully saturated rings. The predicted molar refractivity (Wildman–Crippen MR) is 101 cm³/mol. The number of hydrogen-bond acceptors (Lipinski definition) is 5. The zero-order valence-corrected chi connectivity index (χ0v) is 15.5. The molecule has 0 atom stereocenters. The van der Waals surface area contributed by atoms with Crippen LogP contribution in [-0.2, 0) is 10.0 Å². The lowest BCUT2D eigenvalue weighted by Gasteiger charge is -2.14. The minimum Gasteiger partial charge on any atom is -0.272 e. The van der Waals surface area contributed by atoms with Crippen LogP contribution < -0.4 is 15.8 Å². The molecular formula is C18H18N4O4S. The van der Waals surface area contributed by atoms with Crippen molar-refractivity contribution in [3.05, 3.63) is 70.6 Å². The average Bonchev–Trinajstić information content (AvgIpc) is 2.67. The first kappa shape index (κ1) is 18.7. The maximum Gasteiger partial charge on any atom is 0.287 e. The molecule has 1 heterocycles. The first-order valence-corrected chi connectivity index (χ1v) is 9.68. The monoisotopic (exact) mass is 386 g/mol. The van der Waals surface area contributed by atoms with E-state index in [0.717, 1.165) is 0 Å². The fourth-order valence-electron chi connectivity index (χ4n) is 2.56. The Hall–Kier alpha value is -3.04. The van der Waals surface area contributed by atoms with Gasteiger partial charge in [-0.3, -0.25) is 15.0 Å². The van der Waals surface area contributed by atoms with Crippen molar-refractivity contribution < 1.29 is 13.2 Å². The van der Waals surface area contributed by atoms with Gasteiger partial charge in [0, 0.05) is 5.39 Å². The summed E-state index contributed by atoms with van der Waals surface area (Å²) < 4.78 is 25.7. The van der Waals surface area contributed by atoms with Crippen LogP contribution in [0.15, 0.2) is 64.3 Å². The van der Waals surface area contributed by atoms with Crippen molar-refractivity contribution in [2.45, 2.75) is 24.8 Å². The van der Waals surface area contributed by atoms with E-state index >= 15 is 0 Å². The van der Waals surface area contributed by atoms with Gasteiger partial charge in [-0.05, 0) is 32.0 Å². The van der Waals surface area contributed by atoms with Crippen molar-refractivity contribution >= 4 is 26.7 Å². The van der Waals surface area contributed by atoms with E-state index in [9.17, 15) is 18.0 Å². The standard InChI is InChI=1S/C18H18N4O4S/c1-12(2)22-18(24)15-11-7-6-10-14(15)16(20-22)17(23)19-21-27(25,26)13-8-4-3-5-9-13/h3-12,21H,1-2H3,(H,19,23). The number of sulfonamides is 1. The molecule has 9 heteroatoms. The van der Waals surface area contributed by atoms with E-state index in [1.807, 2.05) is 4.83 Å². The SMILES string of the molecule is CC(C)n1nc(C(=O)NNS(=O)(=O)c2ccccc2)c2ccccc2c1=O. The van der Waals surface area contributed by atoms with Crippen molar-refractivity contribution in [1.82, 2.24) is 20.0 Å². The molecule has 2 N–H and O–H groups in total. The Bertz CT molecular complexity index is 1150. The highest BCUT2D eigenvalue weighted by Gasteiger charge is 2.20. The van der Waals surface area contributed by atoms with Crippen LogP contribution in [0.1, 0.15) is 30.4 Å². The van der Waals surface area contributed by atoms with Gasteiger partial charge in [-0.2, -0.15) is 5.10 Å². The summed E-state index contributed by atoms with van der Waals surface area (Å²) in [5, 5.41) is 4.80. The Morgan fingerprint density at radius 1 is 1.00 bits per heavy atom. The van der Waals surface area contributed by atoms with Gasteiger partial charge in [0.2, 0.25) is 0 Å². The number of benzene rings is 2. The van der Waals surface area contributed by atoms with Gasteiger partial charge in [-0.25, -0.2) is 13.1 Å². The Balaban J connectivity index is 1.97. The highest BCUT2D eigenvalue weighted by Crippen LogP contribution is 2.15. The smallest absolute Gasteiger partial charge is 0.272 e. The van der Waals surface area contributed by atoms with E-state index in [-0.39, 0.29) is 22.2 Å². The molecule has 0 saturated carbocycles. The average molecular weight is 386 g/mol. The summed E-state index contributed by atoms with van der Waals surface area (Å²) >= 11 is 0. The summed E-state index contributed by atoms with van der Waals surface area (Å²) in [5.41, 5.74) is 1.80. The van der Waals surface area contributed by atoms with Crippen molar-refractivity contribution in [3.63, 3.8) is 0 Å². The molecule has 0 radical (unpaired) electrons. The molecule has 0 saturated heterocycles. The minimum absolute atomic E-state index is 0.00951. The van der Waals surface area contributed by atoms with Crippen molar-refractivity contribution in [2.24, 2.45) is 0 Å². The lowest BCUT2D eigenvalue weighted by molar-refractivity contribution is 0.0939. The van der Waals surface area contributed by atoms with E-state index in [1.54, 1.807) is 56.3 Å². The Kier molecular flexibility index (Phi) is 5.06. The molecule has 3 aromatic rings. The number of fused-ring (bicyclic) bond motifs is 1. The van der Waals surface area contributed by atoms with E-state index in [0.29, 0.717) is 10.8 Å². The molecule has 0 bridgehead atoms. The molecule has 1 aromatic heterocycles. The molecule has 8 nitrogen and oxygen atoms in total. The summed E-state index contributed by atoms with van der Waals surface area (Å²) in [6, 6.07) is 13.9. The third kappa shape index (κ3) is 3.74. The molecule has 0 aliphatic carbocycles. The number of nitrogens with zero attached hydrogens (tertiary/aromatic N) is 2. The summed E-state index contributed by atoms with van der Waals surface area (Å²) in [4.78, 5) is 27.2. The summed E-state index contributed by atoms with van der Waals surface area (Å²) in [5.74, 6) is -0.764. The van der Waals surface area contributed by atoms with E-state index in [4.69, 9.17) is 0 Å². The van der Waals surface area contributed by atoms with Crippen LogP contribution in [0.3, 0.4) is 0 Å². The van der Waals surface area contributed by atoms with Crippen molar-refractivity contribution in [1.29, 1.82) is 0 Å². The maximum absolute atomic E-state index is 12.6. The first-order chi connectivity index (χ1) is 12.8. The zero-order chi connectivity index (χ0) is 19.6. The van der Waals surface area contributed by atoms with Crippen molar-refractivity contribution in [2.75, 3.05) is 0 Å². The van der Waals surface area contributed by atoms with E-state index in [1.165, 1.54) is 16.8 Å². The number of nitrogens with one attached hydrogen (secondary N) is 2. The molecule has 0 spiro atoms. The molecule has 2 aromatic carbocycles. The Labute approximate surface area is 155 Å². The van der Waals surface area contributed by atoms with Gasteiger partial charge < -0.3 is 0 Å². The third-order valence-electron chi connectivity index (χ3n) is 3.89. The zero-order valence-electron chi connectivity index (χ0n) is 14.7. The normalized spacial score (nSPS) is 11.7. The van der Waals surface area contributed by atoms with Crippen LogP contribution in [0.25, 0.3) is 10.8 Å². The predicted octanol–water partition coefficient (Wildman–Crippen LogP) is 1.60. The largest absolute Gasteiger partial charge is 0.287 e. The van der Waals surface area contributed by atoms with Gasteiger partial charge in [0.15, 0.2) is 5.69 Å². The fraction of sp³-hybridized carbons (Fsp3) is 0.167. The van der Waals surface area contributed by atoms with Crippen LogP contribution >= 0.6 is 0 Å². The Morgan fingerprint density at radius 3 is 2.22 bits per heavy atom. The quantitative estimate of drug-likeness (QED) is 0.647. The second-order valence-electron chi connectivity index (χ2n) is 6.11. The highest BCUT2D eigenvalue weighted by atomic mass is 32.2. The Morgan fingerprint density at radius 2 is 1.59 bits per heavy atom. The molecule has 3 rings (SSSR count). The number of aromatic nitrogens is 2. The summed E-state index contributed by atoms with van der Waals surface area (Å²) in [6.07, 6.45) is 0. The first-order valence-electron chi connectivity index (χ1n) is 8.20. The van der Waals surface area contributed by atoms with Gasteiger partial charge >= 0.3 is 0 Å². The minimum atomic E-state index is -3.93. The second kappa shape index (κ2) is 7.29. The number of carbonyl (C=O) groups is 1. The molecule has 1 amide bonds. The molecular weight excluding hydrogens is 368 g/mol. The molecule has 0 aliphatic heterocycles. The van der Waals surface area contributed by atoms with Gasteiger partial charge in [0.05, 0.1) is 16.3 Å². The molecule has 27 heavy (non-hydrogen) atoms. The fourth-order valence-corrected chi connectivity index (χ4v) is 3.42. The number of hydrogen-bond donors (Lipinski definition) is 2. The van der Waals surface area contributed by atoms with Crippen LogP contribution in [0.4, 0.5) is 0 Å². The van der Waals surface area contributed by atoms with Crippen molar-refractivity contribution in [3.8, 4) is 0 Å². The highest BCUT2D eigenvalue weighted by molar-refractivity contribution is 7.89. The van der Waals surface area contributed by atoms with Gasteiger partial charge in [0.1, 0.15) is 0 Å². The third-order valence-corrected chi connectivity index (χ3v) is 5.15. The number of carbonyl (C=O) groups excluding carboxylic acids is 1. The summed E-state index contributed by atoms with van der Waals surface area (Å²) in [7, 11) is -3.93. The maximum atomic E-state index is 12.6.